The van der Waals surface area contributed by atoms with Crippen LogP contribution in [-0.4, -0.2) is 61.2 Å². The van der Waals surface area contributed by atoms with E-state index in [1.54, 1.807) is 23.1 Å². The van der Waals surface area contributed by atoms with Crippen LogP contribution >= 0.6 is 0 Å². The zero-order chi connectivity index (χ0) is 21.7. The predicted molar refractivity (Wildman–Crippen MR) is 107 cm³/mol. The van der Waals surface area contributed by atoms with Crippen molar-refractivity contribution in [2.45, 2.75) is 11.4 Å². The Morgan fingerprint density at radius 3 is 2.37 bits per heavy atom. The number of nitrogens with zero attached hydrogens (tertiary/aromatic N) is 3. The molecule has 160 valence electrons. The van der Waals surface area contributed by atoms with Crippen molar-refractivity contribution in [1.82, 2.24) is 14.5 Å². The number of halogens is 1. The van der Waals surface area contributed by atoms with Gasteiger partial charge in [-0.1, -0.05) is 30.3 Å². The average molecular weight is 436 g/mol. The van der Waals surface area contributed by atoms with Crippen LogP contribution in [0, 0.1) is 15.9 Å². The highest BCUT2D eigenvalue weighted by molar-refractivity contribution is 7.89. The van der Waals surface area contributed by atoms with E-state index in [4.69, 9.17) is 0 Å². The highest BCUT2D eigenvalue weighted by atomic mass is 32.2. The molecule has 0 saturated carbocycles. The van der Waals surface area contributed by atoms with E-state index >= 15 is 0 Å². The molecule has 1 fully saturated rings. The number of piperazine rings is 1. The summed E-state index contributed by atoms with van der Waals surface area (Å²) in [6.07, 6.45) is 0. The second-order valence-electron chi connectivity index (χ2n) is 6.77. The van der Waals surface area contributed by atoms with E-state index < -0.39 is 26.5 Å². The lowest BCUT2D eigenvalue weighted by Crippen LogP contribution is -2.51. The molecular weight excluding hydrogens is 415 g/mol. The highest BCUT2D eigenvalue weighted by Gasteiger charge is 2.33. The van der Waals surface area contributed by atoms with Crippen LogP contribution in [0.3, 0.4) is 0 Å². The summed E-state index contributed by atoms with van der Waals surface area (Å²) in [7, 11) is -4.02. The lowest BCUT2D eigenvalue weighted by molar-refractivity contribution is -0.387. The maximum absolute atomic E-state index is 13.6. The minimum atomic E-state index is -4.02. The predicted octanol–water partition coefficient (Wildman–Crippen LogP) is 1.36. The van der Waals surface area contributed by atoms with Crippen LogP contribution in [0.15, 0.2) is 53.4 Å². The van der Waals surface area contributed by atoms with Crippen molar-refractivity contribution in [2.75, 3.05) is 32.7 Å². The summed E-state index contributed by atoms with van der Waals surface area (Å²) in [5, 5.41) is 13.8. The lowest BCUT2D eigenvalue weighted by Gasteiger charge is -2.33. The Hall–Kier alpha value is -2.89. The Morgan fingerprint density at radius 1 is 1.07 bits per heavy atom. The van der Waals surface area contributed by atoms with Crippen molar-refractivity contribution in [1.29, 1.82) is 0 Å². The number of nitro groups is 1. The second-order valence-corrected chi connectivity index (χ2v) is 8.68. The Morgan fingerprint density at radius 2 is 1.70 bits per heavy atom. The van der Waals surface area contributed by atoms with Gasteiger partial charge in [-0.2, -0.15) is 4.31 Å². The summed E-state index contributed by atoms with van der Waals surface area (Å²) in [6, 6.07) is 11.4. The standard InChI is InChI=1S/C19H21FN4O5S/c20-16-6-2-1-5-15(16)13-21-19(25)14-22-9-11-23(12-10-22)30(28,29)18-8-4-3-7-17(18)24(26)27/h1-8H,9-14H2,(H,21,25). The van der Waals surface area contributed by atoms with Crippen LogP contribution in [-0.2, 0) is 21.4 Å². The fraction of sp³-hybridized carbons (Fsp3) is 0.316. The maximum atomic E-state index is 13.6. The second kappa shape index (κ2) is 9.28. The van der Waals surface area contributed by atoms with Crippen molar-refractivity contribution in [3.8, 4) is 0 Å². The molecule has 1 saturated heterocycles. The number of carbonyl (C=O) groups is 1. The van der Waals surface area contributed by atoms with Gasteiger partial charge in [0.15, 0.2) is 4.90 Å². The minimum absolute atomic E-state index is 0.0494. The van der Waals surface area contributed by atoms with Gasteiger partial charge in [0.25, 0.3) is 5.69 Å². The van der Waals surface area contributed by atoms with Gasteiger partial charge in [0.05, 0.1) is 11.5 Å². The van der Waals surface area contributed by atoms with Crippen molar-refractivity contribution in [2.24, 2.45) is 0 Å². The zero-order valence-electron chi connectivity index (χ0n) is 16.0. The first-order valence-corrected chi connectivity index (χ1v) is 10.7. The number of hydrogen-bond acceptors (Lipinski definition) is 6. The molecule has 0 spiro atoms. The molecule has 0 radical (unpaired) electrons. The van der Waals surface area contributed by atoms with E-state index in [0.717, 1.165) is 6.07 Å². The number of carbonyl (C=O) groups excluding carboxylic acids is 1. The van der Waals surface area contributed by atoms with Gasteiger partial charge in [0.1, 0.15) is 5.82 Å². The van der Waals surface area contributed by atoms with Gasteiger partial charge in [-0.15, -0.1) is 0 Å². The van der Waals surface area contributed by atoms with Crippen LogP contribution < -0.4 is 5.32 Å². The minimum Gasteiger partial charge on any atom is -0.351 e. The van der Waals surface area contributed by atoms with Crippen molar-refractivity contribution in [3.05, 3.63) is 70.0 Å². The number of hydrogen-bond donors (Lipinski definition) is 1. The van der Waals surface area contributed by atoms with Crippen LogP contribution in [0.25, 0.3) is 0 Å². The molecule has 0 aliphatic carbocycles. The molecule has 11 heteroatoms. The van der Waals surface area contributed by atoms with Gasteiger partial charge in [0, 0.05) is 44.4 Å². The quantitative estimate of drug-likeness (QED) is 0.518. The van der Waals surface area contributed by atoms with E-state index in [1.165, 1.54) is 28.6 Å². The average Bonchev–Trinajstić information content (AvgIpc) is 2.73. The summed E-state index contributed by atoms with van der Waals surface area (Å²) in [6.45, 7) is 0.926. The van der Waals surface area contributed by atoms with Gasteiger partial charge in [0.2, 0.25) is 15.9 Å². The molecule has 30 heavy (non-hydrogen) atoms. The molecule has 1 aliphatic heterocycles. The summed E-state index contributed by atoms with van der Waals surface area (Å²) in [5.74, 6) is -0.695. The third-order valence-electron chi connectivity index (χ3n) is 4.81. The number of sulfonamides is 1. The van der Waals surface area contributed by atoms with Gasteiger partial charge in [-0.3, -0.25) is 19.8 Å². The molecule has 1 aliphatic rings. The lowest BCUT2D eigenvalue weighted by atomic mass is 10.2. The van der Waals surface area contributed by atoms with Crippen LogP contribution in [0.2, 0.25) is 0 Å². The van der Waals surface area contributed by atoms with Gasteiger partial charge >= 0.3 is 0 Å². The molecule has 2 aromatic carbocycles. The number of para-hydroxylation sites is 1. The Balaban J connectivity index is 1.55. The first-order valence-electron chi connectivity index (χ1n) is 9.25. The normalized spacial score (nSPS) is 15.6. The summed E-state index contributed by atoms with van der Waals surface area (Å²) in [4.78, 5) is 24.0. The van der Waals surface area contributed by atoms with E-state index in [2.05, 4.69) is 5.32 Å². The summed E-state index contributed by atoms with van der Waals surface area (Å²) >= 11 is 0. The SMILES string of the molecule is O=C(CN1CCN(S(=O)(=O)c2ccccc2[N+](=O)[O-])CC1)NCc1ccccc1F. The Kier molecular flexibility index (Phi) is 6.75. The molecule has 0 atom stereocenters. The molecule has 9 nitrogen and oxygen atoms in total. The van der Waals surface area contributed by atoms with Crippen molar-refractivity contribution in [3.63, 3.8) is 0 Å². The maximum Gasteiger partial charge on any atom is 0.289 e. The van der Waals surface area contributed by atoms with E-state index in [1.807, 2.05) is 0 Å². The van der Waals surface area contributed by atoms with Crippen molar-refractivity contribution >= 4 is 21.6 Å². The van der Waals surface area contributed by atoms with Gasteiger partial charge in [-0.05, 0) is 12.1 Å². The molecule has 1 heterocycles. The fourth-order valence-electron chi connectivity index (χ4n) is 3.19. The Bertz CT molecular complexity index is 1040. The van der Waals surface area contributed by atoms with Gasteiger partial charge in [-0.25, -0.2) is 12.8 Å². The number of rotatable bonds is 7. The third-order valence-corrected chi connectivity index (χ3v) is 6.76. The molecule has 1 N–H and O–H groups in total. The molecular formula is C19H21FN4O5S. The molecule has 0 bridgehead atoms. The Labute approximate surface area is 173 Å². The van der Waals surface area contributed by atoms with E-state index in [-0.39, 0.29) is 37.0 Å². The van der Waals surface area contributed by atoms with Crippen LogP contribution in [0.5, 0.6) is 0 Å². The number of benzene rings is 2. The molecule has 1 amide bonds. The molecule has 0 aromatic heterocycles. The van der Waals surface area contributed by atoms with E-state index in [0.29, 0.717) is 18.7 Å². The molecule has 2 aromatic rings. The van der Waals surface area contributed by atoms with Crippen LogP contribution in [0.1, 0.15) is 5.56 Å². The first-order chi connectivity index (χ1) is 14.3. The number of amides is 1. The highest BCUT2D eigenvalue weighted by Crippen LogP contribution is 2.26. The van der Waals surface area contributed by atoms with E-state index in [9.17, 15) is 27.7 Å². The first kappa shape index (κ1) is 21.8. The smallest absolute Gasteiger partial charge is 0.289 e. The monoisotopic (exact) mass is 436 g/mol. The topological polar surface area (TPSA) is 113 Å². The molecule has 3 rings (SSSR count). The third kappa shape index (κ3) is 4.99. The summed E-state index contributed by atoms with van der Waals surface area (Å²) in [5.41, 5.74) is -0.0846. The van der Waals surface area contributed by atoms with Crippen molar-refractivity contribution < 1.29 is 22.5 Å². The largest absolute Gasteiger partial charge is 0.351 e. The number of nitro benzene ring substituents is 1. The number of nitrogens with one attached hydrogen (secondary N) is 1. The van der Waals surface area contributed by atoms with Crippen LogP contribution in [0.4, 0.5) is 10.1 Å². The van der Waals surface area contributed by atoms with Gasteiger partial charge < -0.3 is 5.32 Å². The molecule has 0 unspecified atom stereocenters. The fourth-order valence-corrected chi connectivity index (χ4v) is 4.77. The summed E-state index contributed by atoms with van der Waals surface area (Å²) < 4.78 is 40.4. The zero-order valence-corrected chi connectivity index (χ0v) is 16.8.